The second-order valence-corrected chi connectivity index (χ2v) is 11.3. The van der Waals surface area contributed by atoms with Crippen LogP contribution in [-0.4, -0.2) is 92.8 Å². The van der Waals surface area contributed by atoms with Gasteiger partial charge >= 0.3 is 0 Å². The predicted molar refractivity (Wildman–Crippen MR) is 135 cm³/mol. The molecule has 2 aromatic carbocycles. The van der Waals surface area contributed by atoms with Crippen LogP contribution in [0.2, 0.25) is 5.02 Å². The average molecular weight is 534 g/mol. The number of sulfonamides is 1. The van der Waals surface area contributed by atoms with Crippen molar-refractivity contribution in [3.63, 3.8) is 0 Å². The van der Waals surface area contributed by atoms with E-state index in [0.717, 1.165) is 0 Å². The highest BCUT2D eigenvalue weighted by molar-refractivity contribution is 7.89. The molecule has 1 N–H and O–H groups in total. The van der Waals surface area contributed by atoms with Gasteiger partial charge in [0.05, 0.1) is 29.7 Å². The van der Waals surface area contributed by atoms with Gasteiger partial charge in [0.2, 0.25) is 10.0 Å². The number of rotatable bonds is 7. The zero-order chi connectivity index (χ0) is 26.0. The number of aliphatic hydroxyl groups is 1. The summed E-state index contributed by atoms with van der Waals surface area (Å²) in [4.78, 5) is 29.5. The van der Waals surface area contributed by atoms with Crippen LogP contribution in [-0.2, 0) is 24.3 Å². The first-order valence-corrected chi connectivity index (χ1v) is 13.3. The van der Waals surface area contributed by atoms with Crippen molar-refractivity contribution in [3.8, 4) is 0 Å². The number of carbonyl (C=O) groups is 2. The fourth-order valence-electron chi connectivity index (χ4n) is 4.29. The lowest BCUT2D eigenvalue weighted by molar-refractivity contribution is -0.140. The van der Waals surface area contributed by atoms with Crippen LogP contribution in [0.15, 0.2) is 59.0 Å². The van der Waals surface area contributed by atoms with Gasteiger partial charge in [0.15, 0.2) is 0 Å². The highest BCUT2D eigenvalue weighted by atomic mass is 35.5. The Morgan fingerprint density at radius 2 is 1.67 bits per heavy atom. The van der Waals surface area contributed by atoms with E-state index in [2.05, 4.69) is 0 Å². The molecule has 0 spiro atoms. The van der Waals surface area contributed by atoms with E-state index >= 15 is 0 Å². The molecule has 2 aliphatic heterocycles. The van der Waals surface area contributed by atoms with Crippen LogP contribution in [0.1, 0.15) is 17.2 Å². The van der Waals surface area contributed by atoms with E-state index in [-0.39, 0.29) is 41.4 Å². The Bertz CT molecular complexity index is 1270. The van der Waals surface area contributed by atoms with Crippen LogP contribution in [0.5, 0.6) is 0 Å². The van der Waals surface area contributed by atoms with Crippen molar-refractivity contribution in [2.45, 2.75) is 10.9 Å². The highest BCUT2D eigenvalue weighted by Crippen LogP contribution is 2.39. The molecule has 2 aliphatic rings. The molecule has 2 heterocycles. The summed E-state index contributed by atoms with van der Waals surface area (Å²) in [5.41, 5.74) is 0.816. The maximum Gasteiger partial charge on any atom is 0.295 e. The van der Waals surface area contributed by atoms with Gasteiger partial charge in [0.1, 0.15) is 5.76 Å². The van der Waals surface area contributed by atoms with E-state index < -0.39 is 27.8 Å². The number of amides is 1. The third-order valence-electron chi connectivity index (χ3n) is 6.25. The molecule has 9 nitrogen and oxygen atoms in total. The van der Waals surface area contributed by atoms with Gasteiger partial charge in [-0.05, 0) is 56.1 Å². The normalized spacial score (nSPS) is 20.9. The standard InChI is InChI=1S/C25H28ClN3O6S/c1-27(2)11-12-29-22(17-3-7-19(26)8-4-17)21(24(31)25(29)32)23(30)18-5-9-20(10-6-18)36(33,34)28-13-15-35-16-14-28/h3-10,22,30H,11-16H2,1-2H3/t22-/m1/s1. The summed E-state index contributed by atoms with van der Waals surface area (Å²) in [5, 5.41) is 11.7. The van der Waals surface area contributed by atoms with E-state index in [9.17, 15) is 23.1 Å². The number of Topliss-reactive ketones (excluding diaryl/α,β-unsaturated/α-hetero) is 1. The largest absolute Gasteiger partial charge is 0.507 e. The lowest BCUT2D eigenvalue weighted by Crippen LogP contribution is -2.40. The lowest BCUT2D eigenvalue weighted by atomic mass is 9.95. The topological polar surface area (TPSA) is 107 Å². The fourth-order valence-corrected chi connectivity index (χ4v) is 5.82. The summed E-state index contributed by atoms with van der Waals surface area (Å²) in [5.74, 6) is -1.86. The molecule has 2 saturated heterocycles. The summed E-state index contributed by atoms with van der Waals surface area (Å²) in [6.45, 7) is 1.99. The SMILES string of the molecule is CN(C)CCN1C(=O)C(=O)C(=C(O)c2ccc(S(=O)(=O)N3CCOCC3)cc2)[C@H]1c1ccc(Cl)cc1. The van der Waals surface area contributed by atoms with E-state index in [1.807, 2.05) is 19.0 Å². The van der Waals surface area contributed by atoms with Crippen LogP contribution in [0.3, 0.4) is 0 Å². The summed E-state index contributed by atoms with van der Waals surface area (Å²) in [6, 6.07) is 11.6. The summed E-state index contributed by atoms with van der Waals surface area (Å²) in [6.07, 6.45) is 0. The number of nitrogens with zero attached hydrogens (tertiary/aromatic N) is 3. The highest BCUT2D eigenvalue weighted by Gasteiger charge is 2.45. The minimum Gasteiger partial charge on any atom is -0.507 e. The van der Waals surface area contributed by atoms with E-state index in [4.69, 9.17) is 16.3 Å². The second kappa shape index (κ2) is 10.7. The van der Waals surface area contributed by atoms with Gasteiger partial charge in [0, 0.05) is 36.8 Å². The zero-order valence-electron chi connectivity index (χ0n) is 20.1. The van der Waals surface area contributed by atoms with Crippen molar-refractivity contribution in [2.75, 3.05) is 53.5 Å². The first-order valence-electron chi connectivity index (χ1n) is 11.5. The van der Waals surface area contributed by atoms with Gasteiger partial charge in [-0.15, -0.1) is 0 Å². The number of hydrogen-bond donors (Lipinski definition) is 1. The summed E-state index contributed by atoms with van der Waals surface area (Å²) in [7, 11) is 0.00704. The van der Waals surface area contributed by atoms with Gasteiger partial charge in [-0.3, -0.25) is 9.59 Å². The van der Waals surface area contributed by atoms with Crippen molar-refractivity contribution in [1.29, 1.82) is 0 Å². The minimum absolute atomic E-state index is 0.0511. The molecule has 1 atom stereocenters. The van der Waals surface area contributed by atoms with E-state index in [1.165, 1.54) is 33.5 Å². The molecule has 1 amide bonds. The second-order valence-electron chi connectivity index (χ2n) is 8.89. The molecule has 4 rings (SSSR count). The third-order valence-corrected chi connectivity index (χ3v) is 8.41. The maximum absolute atomic E-state index is 13.1. The van der Waals surface area contributed by atoms with Crippen molar-refractivity contribution in [1.82, 2.24) is 14.1 Å². The van der Waals surface area contributed by atoms with Crippen LogP contribution < -0.4 is 0 Å². The maximum atomic E-state index is 13.1. The summed E-state index contributed by atoms with van der Waals surface area (Å²) < 4.78 is 32.4. The molecule has 0 radical (unpaired) electrons. The van der Waals surface area contributed by atoms with Gasteiger partial charge in [0.25, 0.3) is 11.7 Å². The fraction of sp³-hybridized carbons (Fsp3) is 0.360. The average Bonchev–Trinajstić information content (AvgIpc) is 3.13. The van der Waals surface area contributed by atoms with Crippen LogP contribution in [0, 0.1) is 0 Å². The Labute approximate surface area is 215 Å². The molecule has 2 aromatic rings. The number of hydrogen-bond acceptors (Lipinski definition) is 7. The number of ether oxygens (including phenoxy) is 1. The van der Waals surface area contributed by atoms with Gasteiger partial charge < -0.3 is 19.6 Å². The van der Waals surface area contributed by atoms with Crippen LogP contribution >= 0.6 is 11.6 Å². The van der Waals surface area contributed by atoms with Crippen molar-refractivity contribution in [3.05, 3.63) is 70.3 Å². The van der Waals surface area contributed by atoms with E-state index in [1.54, 1.807) is 24.3 Å². The molecule has 0 bridgehead atoms. The Kier molecular flexibility index (Phi) is 7.82. The lowest BCUT2D eigenvalue weighted by Gasteiger charge is -2.27. The monoisotopic (exact) mass is 533 g/mol. The molecular weight excluding hydrogens is 506 g/mol. The molecule has 36 heavy (non-hydrogen) atoms. The molecule has 192 valence electrons. The van der Waals surface area contributed by atoms with Crippen molar-refractivity contribution >= 4 is 39.1 Å². The van der Waals surface area contributed by atoms with Crippen LogP contribution in [0.4, 0.5) is 0 Å². The van der Waals surface area contributed by atoms with Crippen molar-refractivity contribution in [2.24, 2.45) is 0 Å². The first-order chi connectivity index (χ1) is 17.1. The summed E-state index contributed by atoms with van der Waals surface area (Å²) >= 11 is 6.04. The molecule has 2 fully saturated rings. The van der Waals surface area contributed by atoms with Gasteiger partial charge in [-0.1, -0.05) is 23.7 Å². The number of likely N-dealkylation sites (N-methyl/N-ethyl adjacent to an activating group) is 1. The molecule has 0 aliphatic carbocycles. The molecular formula is C25H28ClN3O6S. The number of morpholine rings is 1. The van der Waals surface area contributed by atoms with Gasteiger partial charge in [-0.25, -0.2) is 8.42 Å². The number of likely N-dealkylation sites (tertiary alicyclic amines) is 1. The van der Waals surface area contributed by atoms with Crippen molar-refractivity contribution < 1.29 is 27.9 Å². The zero-order valence-corrected chi connectivity index (χ0v) is 21.6. The number of carbonyl (C=O) groups excluding carboxylic acids is 2. The predicted octanol–water partition coefficient (Wildman–Crippen LogP) is 2.34. The molecule has 11 heteroatoms. The first kappa shape index (κ1) is 26.3. The van der Waals surface area contributed by atoms with Gasteiger partial charge in [-0.2, -0.15) is 4.31 Å². The Hall–Kier alpha value is -2.76. The molecule has 0 saturated carbocycles. The third kappa shape index (κ3) is 5.18. The Morgan fingerprint density at radius 1 is 1.06 bits per heavy atom. The minimum atomic E-state index is -3.72. The molecule has 0 aromatic heterocycles. The number of aliphatic hydroxyl groups excluding tert-OH is 1. The Morgan fingerprint density at radius 3 is 2.25 bits per heavy atom. The smallest absolute Gasteiger partial charge is 0.295 e. The number of halogens is 1. The van der Waals surface area contributed by atoms with Crippen LogP contribution in [0.25, 0.3) is 5.76 Å². The quantitative estimate of drug-likeness (QED) is 0.331. The Balaban J connectivity index is 1.73. The molecule has 0 unspecified atom stereocenters. The number of benzene rings is 2. The van der Waals surface area contributed by atoms with E-state index in [0.29, 0.717) is 30.3 Å². The number of ketones is 1.